The van der Waals surface area contributed by atoms with E-state index < -0.39 is 4.92 Å². The highest BCUT2D eigenvalue weighted by molar-refractivity contribution is 5.77. The number of rotatable bonds is 8. The molecule has 0 unspecified atom stereocenters. The molecule has 1 aromatic rings. The van der Waals surface area contributed by atoms with Crippen molar-refractivity contribution in [2.24, 2.45) is 0 Å². The van der Waals surface area contributed by atoms with Crippen LogP contribution in [0.3, 0.4) is 0 Å². The molecule has 104 valence electrons. The number of nitrogens with zero attached hydrogens (tertiary/aromatic N) is 1. The first-order valence-corrected chi connectivity index (χ1v) is 5.89. The van der Waals surface area contributed by atoms with Crippen molar-refractivity contribution < 1.29 is 19.6 Å². The maximum atomic E-state index is 11.4. The summed E-state index contributed by atoms with van der Waals surface area (Å²) < 4.78 is 5.11. The van der Waals surface area contributed by atoms with Crippen molar-refractivity contribution in [2.45, 2.75) is 12.8 Å². The molecule has 0 aliphatic heterocycles. The number of aliphatic hydroxyl groups excluding tert-OH is 1. The van der Waals surface area contributed by atoms with Gasteiger partial charge < -0.3 is 15.2 Å². The van der Waals surface area contributed by atoms with E-state index in [1.807, 2.05) is 0 Å². The van der Waals surface area contributed by atoms with E-state index >= 15 is 0 Å². The third kappa shape index (κ3) is 5.35. The van der Waals surface area contributed by atoms with Crippen molar-refractivity contribution in [3.63, 3.8) is 0 Å². The van der Waals surface area contributed by atoms with Crippen LogP contribution in [0.15, 0.2) is 24.3 Å². The Labute approximate surface area is 110 Å². The second kappa shape index (κ2) is 8.04. The molecule has 1 rings (SSSR count). The average molecular weight is 268 g/mol. The summed E-state index contributed by atoms with van der Waals surface area (Å²) >= 11 is 0. The molecule has 0 aliphatic rings. The third-order valence-corrected chi connectivity index (χ3v) is 2.33. The summed E-state index contributed by atoms with van der Waals surface area (Å²) in [4.78, 5) is 21.5. The first-order chi connectivity index (χ1) is 9.15. The number of unbranched alkanes of at least 4 members (excludes halogenated alkanes) is 1. The maximum absolute atomic E-state index is 11.4. The van der Waals surface area contributed by atoms with Crippen molar-refractivity contribution in [2.75, 3.05) is 19.8 Å². The highest BCUT2D eigenvalue weighted by Crippen LogP contribution is 2.25. The lowest BCUT2D eigenvalue weighted by Gasteiger charge is -2.07. The molecule has 0 saturated heterocycles. The molecule has 7 nitrogen and oxygen atoms in total. The van der Waals surface area contributed by atoms with Gasteiger partial charge in [0.1, 0.15) is 0 Å². The predicted molar refractivity (Wildman–Crippen MR) is 67.9 cm³/mol. The molecule has 1 aromatic carbocycles. The van der Waals surface area contributed by atoms with Crippen LogP contribution in [0.5, 0.6) is 5.75 Å². The highest BCUT2D eigenvalue weighted by Gasteiger charge is 2.14. The number of nitrogens with one attached hydrogen (secondary N) is 1. The molecular weight excluding hydrogens is 252 g/mol. The number of carbonyl (C=O) groups is 1. The molecule has 0 aliphatic carbocycles. The molecule has 0 radical (unpaired) electrons. The molecule has 7 heteroatoms. The van der Waals surface area contributed by atoms with Gasteiger partial charge in [-0.25, -0.2) is 0 Å². The van der Waals surface area contributed by atoms with Gasteiger partial charge >= 0.3 is 5.69 Å². The number of para-hydroxylation sites is 2. The van der Waals surface area contributed by atoms with E-state index in [9.17, 15) is 14.9 Å². The molecular formula is C12H16N2O5. The van der Waals surface area contributed by atoms with Crippen molar-refractivity contribution >= 4 is 11.6 Å². The molecule has 0 atom stereocenters. The second-order valence-corrected chi connectivity index (χ2v) is 3.79. The van der Waals surface area contributed by atoms with Crippen LogP contribution in [0.2, 0.25) is 0 Å². The minimum Gasteiger partial charge on any atom is -0.477 e. The molecule has 0 saturated carbocycles. The molecule has 0 fully saturated rings. The minimum atomic E-state index is -0.561. The van der Waals surface area contributed by atoms with E-state index in [0.29, 0.717) is 19.4 Å². The Kier molecular flexibility index (Phi) is 6.31. The number of aliphatic hydroxyl groups is 1. The molecule has 2 N–H and O–H groups in total. The van der Waals surface area contributed by atoms with E-state index in [4.69, 9.17) is 9.84 Å². The highest BCUT2D eigenvalue weighted by atomic mass is 16.6. The van der Waals surface area contributed by atoms with Crippen LogP contribution >= 0.6 is 0 Å². The second-order valence-electron chi connectivity index (χ2n) is 3.79. The van der Waals surface area contributed by atoms with Crippen molar-refractivity contribution in [3.8, 4) is 5.75 Å². The number of benzene rings is 1. The Balaban J connectivity index is 2.40. The van der Waals surface area contributed by atoms with Gasteiger partial charge in [-0.3, -0.25) is 14.9 Å². The molecule has 1 amide bonds. The number of carbonyl (C=O) groups excluding carboxylic acids is 1. The van der Waals surface area contributed by atoms with Crippen LogP contribution in [0.25, 0.3) is 0 Å². The van der Waals surface area contributed by atoms with Crippen LogP contribution in [0, 0.1) is 10.1 Å². The average Bonchev–Trinajstić information content (AvgIpc) is 2.41. The first kappa shape index (κ1) is 14.9. The zero-order chi connectivity index (χ0) is 14.1. The van der Waals surface area contributed by atoms with E-state index in [1.54, 1.807) is 6.07 Å². The van der Waals surface area contributed by atoms with Crippen LogP contribution in [-0.4, -0.2) is 35.7 Å². The summed E-state index contributed by atoms with van der Waals surface area (Å²) in [5.41, 5.74) is -0.171. The summed E-state index contributed by atoms with van der Waals surface area (Å²) in [7, 11) is 0. The topological polar surface area (TPSA) is 102 Å². The van der Waals surface area contributed by atoms with Crippen molar-refractivity contribution in [3.05, 3.63) is 34.4 Å². The molecule has 19 heavy (non-hydrogen) atoms. The third-order valence-electron chi connectivity index (χ3n) is 2.33. The van der Waals surface area contributed by atoms with Gasteiger partial charge in [-0.2, -0.15) is 0 Å². The number of amides is 1. The van der Waals surface area contributed by atoms with Gasteiger partial charge in [-0.05, 0) is 18.9 Å². The van der Waals surface area contributed by atoms with E-state index in [1.165, 1.54) is 18.2 Å². The Hall–Kier alpha value is -2.15. The summed E-state index contributed by atoms with van der Waals surface area (Å²) in [6, 6.07) is 5.88. The number of nitro groups is 1. The zero-order valence-electron chi connectivity index (χ0n) is 10.4. The van der Waals surface area contributed by atoms with E-state index in [0.717, 1.165) is 0 Å². The SMILES string of the molecule is O=C(COc1ccccc1[N+](=O)[O-])NCCCCO. The lowest BCUT2D eigenvalue weighted by molar-refractivity contribution is -0.385. The quantitative estimate of drug-likeness (QED) is 0.413. The number of ether oxygens (including phenoxy) is 1. The predicted octanol–water partition coefficient (Wildman–Crippen LogP) is 0.862. The van der Waals surface area contributed by atoms with Gasteiger partial charge in [0.2, 0.25) is 0 Å². The fourth-order valence-electron chi connectivity index (χ4n) is 1.39. The summed E-state index contributed by atoms with van der Waals surface area (Å²) in [5, 5.41) is 21.9. The first-order valence-electron chi connectivity index (χ1n) is 5.89. The van der Waals surface area contributed by atoms with E-state index in [-0.39, 0.29) is 30.6 Å². The number of nitro benzene ring substituents is 1. The van der Waals surface area contributed by atoms with Gasteiger partial charge in [0.15, 0.2) is 12.4 Å². The van der Waals surface area contributed by atoms with Crippen LogP contribution in [0.4, 0.5) is 5.69 Å². The monoisotopic (exact) mass is 268 g/mol. The lowest BCUT2D eigenvalue weighted by atomic mass is 10.3. The summed E-state index contributed by atoms with van der Waals surface area (Å²) in [5.74, 6) is -0.283. The van der Waals surface area contributed by atoms with Crippen LogP contribution in [-0.2, 0) is 4.79 Å². The maximum Gasteiger partial charge on any atom is 0.310 e. The van der Waals surface area contributed by atoms with Gasteiger partial charge in [0, 0.05) is 19.2 Å². The van der Waals surface area contributed by atoms with E-state index in [2.05, 4.69) is 5.32 Å². The van der Waals surface area contributed by atoms with Crippen LogP contribution in [0.1, 0.15) is 12.8 Å². The molecule has 0 bridgehead atoms. The minimum absolute atomic E-state index is 0.0676. The lowest BCUT2D eigenvalue weighted by Crippen LogP contribution is -2.29. The van der Waals surface area contributed by atoms with Crippen LogP contribution < -0.4 is 10.1 Å². The number of hydrogen-bond acceptors (Lipinski definition) is 5. The van der Waals surface area contributed by atoms with Gasteiger partial charge in [-0.1, -0.05) is 12.1 Å². The summed E-state index contributed by atoms with van der Waals surface area (Å²) in [6.07, 6.45) is 1.29. The zero-order valence-corrected chi connectivity index (χ0v) is 10.4. The Morgan fingerprint density at radius 3 is 2.79 bits per heavy atom. The van der Waals surface area contributed by atoms with Crippen molar-refractivity contribution in [1.29, 1.82) is 0 Å². The van der Waals surface area contributed by atoms with Gasteiger partial charge in [0.05, 0.1) is 4.92 Å². The Morgan fingerprint density at radius 1 is 1.37 bits per heavy atom. The van der Waals surface area contributed by atoms with Gasteiger partial charge in [0.25, 0.3) is 5.91 Å². The Morgan fingerprint density at radius 2 is 2.11 bits per heavy atom. The summed E-state index contributed by atoms with van der Waals surface area (Å²) in [6.45, 7) is 0.256. The molecule has 0 aromatic heterocycles. The molecule has 0 spiro atoms. The standard InChI is InChI=1S/C12H16N2O5/c15-8-4-3-7-13-12(16)9-19-11-6-2-1-5-10(11)14(17)18/h1-2,5-6,15H,3-4,7-9H2,(H,13,16). The smallest absolute Gasteiger partial charge is 0.310 e. The molecule has 0 heterocycles. The largest absolute Gasteiger partial charge is 0.477 e. The Bertz CT molecular complexity index is 436. The number of hydrogen-bond donors (Lipinski definition) is 2. The van der Waals surface area contributed by atoms with Gasteiger partial charge in [-0.15, -0.1) is 0 Å². The van der Waals surface area contributed by atoms with Crippen molar-refractivity contribution in [1.82, 2.24) is 5.32 Å². The fraction of sp³-hybridized carbons (Fsp3) is 0.417. The normalized spacial score (nSPS) is 9.95. The fourth-order valence-corrected chi connectivity index (χ4v) is 1.39.